The Balaban J connectivity index is 2.29. The fourth-order valence-corrected chi connectivity index (χ4v) is 1.71. The number of nitrogens with one attached hydrogen (secondary N) is 1. The lowest BCUT2D eigenvalue weighted by Crippen LogP contribution is -2.35. The van der Waals surface area contributed by atoms with Crippen LogP contribution < -0.4 is 11.2 Å². The minimum absolute atomic E-state index is 0.259. The highest BCUT2D eigenvalue weighted by molar-refractivity contribution is 5.24. The smallest absolute Gasteiger partial charge is 0.267 e. The molecule has 0 amide bonds. The minimum atomic E-state index is -0.490. The monoisotopic (exact) mass is 245 g/mol. The predicted octanol–water partition coefficient (Wildman–Crippen LogP) is 1.10. The van der Waals surface area contributed by atoms with Gasteiger partial charge in [0.2, 0.25) is 0 Å². The lowest BCUT2D eigenvalue weighted by molar-refractivity contribution is 0.666. The molecular weight excluding hydrogens is 230 g/mol. The maximum atomic E-state index is 11.5. The number of aromatic amines is 1. The van der Waals surface area contributed by atoms with Crippen molar-refractivity contribution < 1.29 is 0 Å². The molecule has 2 aromatic rings. The second-order valence-electron chi connectivity index (χ2n) is 4.50. The third-order valence-corrected chi connectivity index (χ3v) is 2.83. The Bertz CT molecular complexity index is 610. The normalized spacial score (nSPS) is 10.8. The van der Waals surface area contributed by atoms with Crippen LogP contribution in [-0.2, 0) is 6.54 Å². The second-order valence-corrected chi connectivity index (χ2v) is 4.50. The average Bonchev–Trinajstić information content (AvgIpc) is 2.34. The summed E-state index contributed by atoms with van der Waals surface area (Å²) >= 11 is 0. The fraction of sp³-hybridized carbons (Fsp3) is 0.308. The molecule has 0 saturated carbocycles. The van der Waals surface area contributed by atoms with E-state index in [-0.39, 0.29) is 6.54 Å². The standard InChI is InChI=1S/C13H15N3O2/c1-9(2)11-5-3-10(4-6-11)8-16-12(17)7-14-15-13(16)18/h3-7,9H,8H2,1-2H3,(H,15,18). The van der Waals surface area contributed by atoms with Gasteiger partial charge in [-0.05, 0) is 17.0 Å². The summed E-state index contributed by atoms with van der Waals surface area (Å²) in [4.78, 5) is 23.0. The van der Waals surface area contributed by atoms with Crippen LogP contribution >= 0.6 is 0 Å². The number of hydrogen-bond acceptors (Lipinski definition) is 3. The first-order valence-corrected chi connectivity index (χ1v) is 5.81. The van der Waals surface area contributed by atoms with Crippen molar-refractivity contribution in [3.05, 3.63) is 62.4 Å². The van der Waals surface area contributed by atoms with E-state index in [0.29, 0.717) is 5.92 Å². The van der Waals surface area contributed by atoms with Gasteiger partial charge in [0.15, 0.2) is 0 Å². The van der Waals surface area contributed by atoms with Crippen LogP contribution in [0.2, 0.25) is 0 Å². The summed E-state index contributed by atoms with van der Waals surface area (Å²) in [5.74, 6) is 0.464. The molecule has 94 valence electrons. The van der Waals surface area contributed by atoms with Crippen molar-refractivity contribution in [1.82, 2.24) is 14.8 Å². The van der Waals surface area contributed by atoms with Crippen molar-refractivity contribution in [3.63, 3.8) is 0 Å². The van der Waals surface area contributed by atoms with Gasteiger partial charge in [-0.2, -0.15) is 5.10 Å². The Kier molecular flexibility index (Phi) is 3.41. The van der Waals surface area contributed by atoms with E-state index in [1.54, 1.807) is 0 Å². The van der Waals surface area contributed by atoms with Crippen molar-refractivity contribution in [2.75, 3.05) is 0 Å². The topological polar surface area (TPSA) is 67.8 Å². The largest absolute Gasteiger partial charge is 0.345 e. The molecule has 18 heavy (non-hydrogen) atoms. The summed E-state index contributed by atoms with van der Waals surface area (Å²) < 4.78 is 1.12. The summed E-state index contributed by atoms with van der Waals surface area (Å²) in [5, 5.41) is 5.70. The van der Waals surface area contributed by atoms with Crippen LogP contribution in [0.5, 0.6) is 0 Å². The van der Waals surface area contributed by atoms with Crippen LogP contribution in [0.3, 0.4) is 0 Å². The second kappa shape index (κ2) is 5.00. The van der Waals surface area contributed by atoms with Crippen LogP contribution in [0.25, 0.3) is 0 Å². The van der Waals surface area contributed by atoms with E-state index >= 15 is 0 Å². The molecule has 0 aliphatic rings. The lowest BCUT2D eigenvalue weighted by Gasteiger charge is -2.07. The quantitative estimate of drug-likeness (QED) is 0.880. The number of hydrogen-bond donors (Lipinski definition) is 1. The molecule has 0 unspecified atom stereocenters. The number of aromatic nitrogens is 3. The van der Waals surface area contributed by atoms with E-state index in [1.807, 2.05) is 24.3 Å². The first-order valence-electron chi connectivity index (χ1n) is 5.81. The third kappa shape index (κ3) is 2.56. The highest BCUT2D eigenvalue weighted by Crippen LogP contribution is 2.14. The maximum absolute atomic E-state index is 11.5. The highest BCUT2D eigenvalue weighted by Gasteiger charge is 2.03. The van der Waals surface area contributed by atoms with Crippen molar-refractivity contribution in [1.29, 1.82) is 0 Å². The zero-order valence-electron chi connectivity index (χ0n) is 10.4. The Labute approximate surface area is 104 Å². The molecule has 1 N–H and O–H groups in total. The predicted molar refractivity (Wildman–Crippen MR) is 68.8 cm³/mol. The Morgan fingerprint density at radius 1 is 1.22 bits per heavy atom. The van der Waals surface area contributed by atoms with Crippen molar-refractivity contribution in [3.8, 4) is 0 Å². The fourth-order valence-electron chi connectivity index (χ4n) is 1.71. The molecule has 5 nitrogen and oxygen atoms in total. The SMILES string of the molecule is CC(C)c1ccc(Cn2c(=O)cn[nH]c2=O)cc1. The molecule has 0 aliphatic heterocycles. The molecule has 1 heterocycles. The van der Waals surface area contributed by atoms with Gasteiger partial charge in [-0.1, -0.05) is 38.1 Å². The van der Waals surface area contributed by atoms with Gasteiger partial charge in [0.05, 0.1) is 6.54 Å². The summed E-state index contributed by atoms with van der Waals surface area (Å²) in [6.45, 7) is 4.50. The summed E-state index contributed by atoms with van der Waals surface area (Å²) in [6.07, 6.45) is 1.10. The average molecular weight is 245 g/mol. The van der Waals surface area contributed by atoms with Gasteiger partial charge >= 0.3 is 5.69 Å². The van der Waals surface area contributed by atoms with Gasteiger partial charge in [-0.3, -0.25) is 9.36 Å². The van der Waals surface area contributed by atoms with Crippen molar-refractivity contribution in [2.24, 2.45) is 0 Å². The maximum Gasteiger partial charge on any atom is 0.345 e. The van der Waals surface area contributed by atoms with E-state index in [0.717, 1.165) is 16.3 Å². The van der Waals surface area contributed by atoms with E-state index in [2.05, 4.69) is 24.0 Å². The molecule has 0 radical (unpaired) electrons. The minimum Gasteiger partial charge on any atom is -0.267 e. The highest BCUT2D eigenvalue weighted by atomic mass is 16.2. The van der Waals surface area contributed by atoms with Crippen molar-refractivity contribution in [2.45, 2.75) is 26.3 Å². The van der Waals surface area contributed by atoms with E-state index in [1.165, 1.54) is 5.56 Å². The molecule has 5 heteroatoms. The Hall–Kier alpha value is -2.17. The van der Waals surface area contributed by atoms with Gasteiger partial charge in [0.25, 0.3) is 5.56 Å². The summed E-state index contributed by atoms with van der Waals surface area (Å²) in [7, 11) is 0. The molecule has 0 saturated heterocycles. The third-order valence-electron chi connectivity index (χ3n) is 2.83. The van der Waals surface area contributed by atoms with Crippen LogP contribution in [0.15, 0.2) is 40.1 Å². The zero-order valence-corrected chi connectivity index (χ0v) is 10.4. The van der Waals surface area contributed by atoms with Crippen LogP contribution in [0, 0.1) is 0 Å². The van der Waals surface area contributed by atoms with Crippen LogP contribution in [0.4, 0.5) is 0 Å². The van der Waals surface area contributed by atoms with E-state index < -0.39 is 11.2 Å². The summed E-state index contributed by atoms with van der Waals surface area (Å²) in [5.41, 5.74) is 1.26. The van der Waals surface area contributed by atoms with E-state index in [4.69, 9.17) is 0 Å². The number of nitrogens with zero attached hydrogens (tertiary/aromatic N) is 2. The number of benzene rings is 1. The van der Waals surface area contributed by atoms with E-state index in [9.17, 15) is 9.59 Å². The Morgan fingerprint density at radius 2 is 1.89 bits per heavy atom. The Morgan fingerprint density at radius 3 is 2.44 bits per heavy atom. The molecule has 2 rings (SSSR count). The molecule has 1 aromatic heterocycles. The molecular formula is C13H15N3O2. The lowest BCUT2D eigenvalue weighted by atomic mass is 10.0. The van der Waals surface area contributed by atoms with Gasteiger partial charge in [0.1, 0.15) is 6.20 Å². The van der Waals surface area contributed by atoms with Crippen molar-refractivity contribution >= 4 is 0 Å². The van der Waals surface area contributed by atoms with Crippen LogP contribution in [-0.4, -0.2) is 14.8 Å². The number of rotatable bonds is 3. The molecule has 0 bridgehead atoms. The van der Waals surface area contributed by atoms with Gasteiger partial charge in [0, 0.05) is 0 Å². The molecule has 0 atom stereocenters. The van der Waals surface area contributed by atoms with Gasteiger partial charge in [-0.25, -0.2) is 9.89 Å². The summed E-state index contributed by atoms with van der Waals surface area (Å²) in [6, 6.07) is 7.89. The molecule has 0 spiro atoms. The number of H-pyrrole nitrogens is 1. The zero-order chi connectivity index (χ0) is 13.1. The first-order chi connectivity index (χ1) is 8.58. The molecule has 0 aliphatic carbocycles. The molecule has 0 fully saturated rings. The first kappa shape index (κ1) is 12.3. The van der Waals surface area contributed by atoms with Gasteiger partial charge in [-0.15, -0.1) is 0 Å². The molecule has 1 aromatic carbocycles. The van der Waals surface area contributed by atoms with Crippen LogP contribution in [0.1, 0.15) is 30.9 Å². The van der Waals surface area contributed by atoms with Gasteiger partial charge < -0.3 is 0 Å².